The van der Waals surface area contributed by atoms with Crippen molar-refractivity contribution < 1.29 is 14.3 Å². The summed E-state index contributed by atoms with van der Waals surface area (Å²) in [7, 11) is 0. The van der Waals surface area contributed by atoms with Crippen molar-refractivity contribution >= 4 is 27.6 Å². The summed E-state index contributed by atoms with van der Waals surface area (Å²) in [5.41, 5.74) is 0.289. The Morgan fingerprint density at radius 2 is 2.35 bits per heavy atom. The van der Waals surface area contributed by atoms with E-state index in [9.17, 15) is 9.18 Å². The van der Waals surface area contributed by atoms with Gasteiger partial charge in [0.05, 0.1) is 15.7 Å². The van der Waals surface area contributed by atoms with E-state index in [0.29, 0.717) is 5.69 Å². The predicted octanol–water partition coefficient (Wildman–Crippen LogP) is 3.18. The van der Waals surface area contributed by atoms with Crippen molar-refractivity contribution in [3.8, 4) is 0 Å². The van der Waals surface area contributed by atoms with E-state index >= 15 is 0 Å². The smallest absolute Gasteiger partial charge is 0.336 e. The number of aromatic carboxylic acids is 1. The molecule has 1 unspecified atom stereocenters. The summed E-state index contributed by atoms with van der Waals surface area (Å²) < 4.78 is 14.2. The van der Waals surface area contributed by atoms with Gasteiger partial charge in [0.15, 0.2) is 5.82 Å². The molecule has 2 rings (SSSR count). The molecule has 0 aromatic heterocycles. The standard InChI is InChI=1S/C14H18BrFN2O2/c1-2-18-7-3-4-9(8-18)17-11-6-5-10(14(19)20)12(15)13(11)16/h5-6,9,17H,2-4,7-8H2,1H3,(H,19,20). The van der Waals surface area contributed by atoms with Gasteiger partial charge in [-0.1, -0.05) is 6.92 Å². The first-order valence-corrected chi connectivity index (χ1v) is 7.52. The SMILES string of the molecule is CCN1CCCC(Nc2ccc(C(=O)O)c(Br)c2F)C1. The van der Waals surface area contributed by atoms with E-state index in [1.54, 1.807) is 0 Å². The number of piperidine rings is 1. The first-order chi connectivity index (χ1) is 9.52. The van der Waals surface area contributed by atoms with Crippen LogP contribution in [0.2, 0.25) is 0 Å². The van der Waals surface area contributed by atoms with Gasteiger partial charge in [-0.25, -0.2) is 9.18 Å². The van der Waals surface area contributed by atoms with E-state index in [2.05, 4.69) is 33.1 Å². The van der Waals surface area contributed by atoms with E-state index in [0.717, 1.165) is 32.5 Å². The molecule has 110 valence electrons. The number of carbonyl (C=O) groups is 1. The molecule has 0 saturated carbocycles. The van der Waals surface area contributed by atoms with Crippen molar-refractivity contribution in [2.24, 2.45) is 0 Å². The fraction of sp³-hybridized carbons (Fsp3) is 0.500. The zero-order valence-corrected chi connectivity index (χ0v) is 12.9. The van der Waals surface area contributed by atoms with Crippen molar-refractivity contribution in [3.63, 3.8) is 0 Å². The van der Waals surface area contributed by atoms with Gasteiger partial charge < -0.3 is 15.3 Å². The summed E-state index contributed by atoms with van der Waals surface area (Å²) >= 11 is 3.02. The van der Waals surface area contributed by atoms with Gasteiger partial charge in [0, 0.05) is 12.6 Å². The number of rotatable bonds is 4. The third-order valence-electron chi connectivity index (χ3n) is 3.63. The maximum absolute atomic E-state index is 14.2. The molecule has 20 heavy (non-hydrogen) atoms. The molecule has 1 aromatic rings. The van der Waals surface area contributed by atoms with Crippen LogP contribution >= 0.6 is 15.9 Å². The Hall–Kier alpha value is -1.14. The Kier molecular flexibility index (Phi) is 4.99. The molecule has 2 N–H and O–H groups in total. The average Bonchev–Trinajstić information content (AvgIpc) is 2.44. The Morgan fingerprint density at radius 1 is 1.60 bits per heavy atom. The molecule has 1 aromatic carbocycles. The molecule has 0 amide bonds. The second kappa shape index (κ2) is 6.54. The third-order valence-corrected chi connectivity index (χ3v) is 4.40. The van der Waals surface area contributed by atoms with Gasteiger partial charge in [-0.2, -0.15) is 0 Å². The van der Waals surface area contributed by atoms with Crippen LogP contribution in [0.15, 0.2) is 16.6 Å². The van der Waals surface area contributed by atoms with Crippen LogP contribution in [0.25, 0.3) is 0 Å². The van der Waals surface area contributed by atoms with Gasteiger partial charge in [-0.05, 0) is 54.0 Å². The van der Waals surface area contributed by atoms with Gasteiger partial charge in [-0.15, -0.1) is 0 Å². The molecule has 1 aliphatic rings. The molecule has 0 bridgehead atoms. The first-order valence-electron chi connectivity index (χ1n) is 6.73. The van der Waals surface area contributed by atoms with Crippen LogP contribution in [0.3, 0.4) is 0 Å². The molecule has 0 radical (unpaired) electrons. The quantitative estimate of drug-likeness (QED) is 0.880. The number of carboxylic acid groups (broad SMARTS) is 1. The maximum Gasteiger partial charge on any atom is 0.336 e. The summed E-state index contributed by atoms with van der Waals surface area (Å²) in [6.45, 7) is 5.07. The molecule has 1 aliphatic heterocycles. The fourth-order valence-corrected chi connectivity index (χ4v) is 3.02. The van der Waals surface area contributed by atoms with Crippen LogP contribution in [-0.2, 0) is 0 Å². The number of likely N-dealkylation sites (tertiary alicyclic amines) is 1. The Morgan fingerprint density at radius 3 is 3.00 bits per heavy atom. The first kappa shape index (κ1) is 15.3. The second-order valence-electron chi connectivity index (χ2n) is 4.97. The molecule has 1 saturated heterocycles. The number of anilines is 1. The number of likely N-dealkylation sites (N-methyl/N-ethyl adjacent to an activating group) is 1. The zero-order chi connectivity index (χ0) is 14.7. The number of halogens is 2. The van der Waals surface area contributed by atoms with Gasteiger partial charge in [0.2, 0.25) is 0 Å². The van der Waals surface area contributed by atoms with Crippen molar-refractivity contribution in [2.75, 3.05) is 25.0 Å². The number of hydrogen-bond donors (Lipinski definition) is 2. The van der Waals surface area contributed by atoms with E-state index in [1.165, 1.54) is 12.1 Å². The topological polar surface area (TPSA) is 52.6 Å². The summed E-state index contributed by atoms with van der Waals surface area (Å²) in [6.07, 6.45) is 2.08. The molecule has 0 aliphatic carbocycles. The molecule has 1 fully saturated rings. The molecule has 1 heterocycles. The lowest BCUT2D eigenvalue weighted by atomic mass is 10.1. The van der Waals surface area contributed by atoms with Crippen molar-refractivity contribution in [2.45, 2.75) is 25.8 Å². The zero-order valence-electron chi connectivity index (χ0n) is 11.3. The highest BCUT2D eigenvalue weighted by Gasteiger charge is 2.21. The maximum atomic E-state index is 14.2. The number of nitrogens with one attached hydrogen (secondary N) is 1. The Labute approximate surface area is 126 Å². The van der Waals surface area contributed by atoms with Gasteiger partial charge >= 0.3 is 5.97 Å². The van der Waals surface area contributed by atoms with Crippen LogP contribution in [0, 0.1) is 5.82 Å². The van der Waals surface area contributed by atoms with E-state index in [-0.39, 0.29) is 16.1 Å². The largest absolute Gasteiger partial charge is 0.478 e. The van der Waals surface area contributed by atoms with Crippen molar-refractivity contribution in [1.29, 1.82) is 0 Å². The third kappa shape index (κ3) is 3.30. The summed E-state index contributed by atoms with van der Waals surface area (Å²) in [4.78, 5) is 13.3. The average molecular weight is 345 g/mol. The highest BCUT2D eigenvalue weighted by atomic mass is 79.9. The van der Waals surface area contributed by atoms with Crippen LogP contribution in [0.4, 0.5) is 10.1 Å². The minimum absolute atomic E-state index is 0.00171. The van der Waals surface area contributed by atoms with Gasteiger partial charge in [0.25, 0.3) is 0 Å². The molecule has 0 spiro atoms. The summed E-state index contributed by atoms with van der Waals surface area (Å²) in [5.74, 6) is -1.68. The lowest BCUT2D eigenvalue weighted by molar-refractivity contribution is 0.0695. The van der Waals surface area contributed by atoms with Crippen molar-refractivity contribution in [1.82, 2.24) is 4.90 Å². The molecular formula is C14H18BrFN2O2. The number of carboxylic acids is 1. The minimum atomic E-state index is -1.14. The molecular weight excluding hydrogens is 327 g/mol. The highest BCUT2D eigenvalue weighted by molar-refractivity contribution is 9.10. The summed E-state index contributed by atoms with van der Waals surface area (Å²) in [6, 6.07) is 3.10. The van der Waals surface area contributed by atoms with Crippen LogP contribution in [-0.4, -0.2) is 41.7 Å². The Bertz CT molecular complexity index is 510. The van der Waals surface area contributed by atoms with Crippen LogP contribution in [0.1, 0.15) is 30.1 Å². The number of benzene rings is 1. The molecule has 6 heteroatoms. The Balaban J connectivity index is 2.14. The van der Waals surface area contributed by atoms with E-state index in [1.807, 2.05) is 0 Å². The van der Waals surface area contributed by atoms with Crippen LogP contribution < -0.4 is 5.32 Å². The normalized spacial score (nSPS) is 19.9. The second-order valence-corrected chi connectivity index (χ2v) is 5.76. The lowest BCUT2D eigenvalue weighted by Gasteiger charge is -2.33. The fourth-order valence-electron chi connectivity index (χ4n) is 2.51. The summed E-state index contributed by atoms with van der Waals surface area (Å²) in [5, 5.41) is 12.1. The molecule has 4 nitrogen and oxygen atoms in total. The predicted molar refractivity (Wildman–Crippen MR) is 79.8 cm³/mol. The van der Waals surface area contributed by atoms with Gasteiger partial charge in [0.1, 0.15) is 0 Å². The van der Waals surface area contributed by atoms with E-state index < -0.39 is 11.8 Å². The van der Waals surface area contributed by atoms with Crippen molar-refractivity contribution in [3.05, 3.63) is 28.0 Å². The number of nitrogens with zero attached hydrogens (tertiary/aromatic N) is 1. The lowest BCUT2D eigenvalue weighted by Crippen LogP contribution is -2.42. The van der Waals surface area contributed by atoms with E-state index in [4.69, 9.17) is 5.11 Å². The molecule has 1 atom stereocenters. The monoisotopic (exact) mass is 344 g/mol. The van der Waals surface area contributed by atoms with Crippen LogP contribution in [0.5, 0.6) is 0 Å². The van der Waals surface area contributed by atoms with Gasteiger partial charge in [-0.3, -0.25) is 0 Å². The number of hydrogen-bond acceptors (Lipinski definition) is 3. The highest BCUT2D eigenvalue weighted by Crippen LogP contribution is 2.28. The minimum Gasteiger partial charge on any atom is -0.478 e.